The van der Waals surface area contributed by atoms with E-state index >= 15 is 0 Å². The smallest absolute Gasteiger partial charge is 0.119 e. The second-order valence-corrected chi connectivity index (χ2v) is 9.53. The Labute approximate surface area is 238 Å². The lowest BCUT2D eigenvalue weighted by atomic mass is 9.94. The van der Waals surface area contributed by atoms with Gasteiger partial charge in [-0.15, -0.1) is 0 Å². The molecule has 1 N–H and O–H groups in total. The van der Waals surface area contributed by atoms with E-state index in [1.807, 2.05) is 42.5 Å². The van der Waals surface area contributed by atoms with Crippen LogP contribution in [-0.2, 0) is 9.47 Å². The van der Waals surface area contributed by atoms with Crippen molar-refractivity contribution >= 4 is 16.9 Å². The monoisotopic (exact) mass is 534 g/mol. The molecule has 2 atom stereocenters. The van der Waals surface area contributed by atoms with Crippen molar-refractivity contribution in [2.45, 2.75) is 19.4 Å². The third kappa shape index (κ3) is 7.26. The van der Waals surface area contributed by atoms with Gasteiger partial charge in [-0.3, -0.25) is 0 Å². The minimum absolute atomic E-state index is 0.138. The summed E-state index contributed by atoms with van der Waals surface area (Å²) in [5.41, 5.74) is 5.61. The third-order valence-corrected chi connectivity index (χ3v) is 6.94. The first-order chi connectivity index (χ1) is 19.5. The Kier molecular flexibility index (Phi) is 9.89. The zero-order valence-electron chi connectivity index (χ0n) is 23.7. The average molecular weight is 535 g/mol. The van der Waals surface area contributed by atoms with Crippen LogP contribution in [-0.4, -0.2) is 27.4 Å². The summed E-state index contributed by atoms with van der Waals surface area (Å²) < 4.78 is 16.0. The molecule has 5 heteroatoms. The molecule has 0 fully saturated rings. The maximum absolute atomic E-state index is 5.45. The van der Waals surface area contributed by atoms with Gasteiger partial charge in [0.2, 0.25) is 0 Å². The van der Waals surface area contributed by atoms with Gasteiger partial charge >= 0.3 is 0 Å². The number of allylic oxidation sites excluding steroid dienone is 9. The lowest BCUT2D eigenvalue weighted by molar-refractivity contribution is 0.298. The number of hydrogen-bond donors (Lipinski definition) is 1. The van der Waals surface area contributed by atoms with Crippen molar-refractivity contribution < 1.29 is 14.2 Å². The number of anilines is 2. The van der Waals surface area contributed by atoms with Crippen molar-refractivity contribution in [3.05, 3.63) is 145 Å². The molecule has 206 valence electrons. The number of nitrogens with one attached hydrogen (secondary N) is 1. The van der Waals surface area contributed by atoms with Crippen LogP contribution in [0.1, 0.15) is 18.9 Å². The molecule has 0 spiro atoms. The van der Waals surface area contributed by atoms with E-state index in [4.69, 9.17) is 14.2 Å². The zero-order chi connectivity index (χ0) is 28.3. The molecule has 2 aliphatic carbocycles. The molecule has 0 aromatic heterocycles. The molecule has 0 saturated carbocycles. The Morgan fingerprint density at radius 2 is 1.75 bits per heavy atom. The highest BCUT2D eigenvalue weighted by Gasteiger charge is 2.23. The van der Waals surface area contributed by atoms with Gasteiger partial charge in [0, 0.05) is 29.2 Å². The third-order valence-electron chi connectivity index (χ3n) is 6.94. The predicted octanol–water partition coefficient (Wildman–Crippen LogP) is 8.18. The van der Waals surface area contributed by atoms with Crippen molar-refractivity contribution in [2.24, 2.45) is 5.92 Å². The van der Waals surface area contributed by atoms with Gasteiger partial charge < -0.3 is 24.4 Å². The Morgan fingerprint density at radius 1 is 0.975 bits per heavy atom. The Morgan fingerprint density at radius 3 is 2.40 bits per heavy atom. The van der Waals surface area contributed by atoms with Gasteiger partial charge in [-0.2, -0.15) is 0 Å². The molecule has 0 bridgehead atoms. The van der Waals surface area contributed by atoms with Gasteiger partial charge in [-0.25, -0.2) is 0 Å². The molecule has 5 nitrogen and oxygen atoms in total. The first kappa shape index (κ1) is 28.4. The van der Waals surface area contributed by atoms with Gasteiger partial charge in [0.1, 0.15) is 17.3 Å². The van der Waals surface area contributed by atoms with Gasteiger partial charge in [0.15, 0.2) is 0 Å². The molecular weight excluding hydrogens is 496 g/mol. The molecular formula is C35H38N2O3. The summed E-state index contributed by atoms with van der Waals surface area (Å²) in [7, 11) is 5.02. The Balaban J connectivity index is 1.55. The highest BCUT2D eigenvalue weighted by molar-refractivity contribution is 5.72. The number of rotatable bonds is 11. The second kappa shape index (κ2) is 13.9. The molecule has 4 rings (SSSR count). The van der Waals surface area contributed by atoms with Crippen molar-refractivity contribution in [3.8, 4) is 5.75 Å². The van der Waals surface area contributed by atoms with Crippen LogP contribution >= 0.6 is 0 Å². The van der Waals surface area contributed by atoms with E-state index in [0.717, 1.165) is 35.0 Å². The van der Waals surface area contributed by atoms with Crippen LogP contribution in [0.2, 0.25) is 0 Å². The van der Waals surface area contributed by atoms with E-state index in [2.05, 4.69) is 90.6 Å². The summed E-state index contributed by atoms with van der Waals surface area (Å²) >= 11 is 0. The maximum Gasteiger partial charge on any atom is 0.119 e. The van der Waals surface area contributed by atoms with Gasteiger partial charge in [0.05, 0.1) is 27.4 Å². The van der Waals surface area contributed by atoms with E-state index in [-0.39, 0.29) is 12.0 Å². The van der Waals surface area contributed by atoms with Crippen LogP contribution in [0.15, 0.2) is 139 Å². The number of ether oxygens (including phenoxy) is 3. The minimum Gasteiger partial charge on any atom is -0.497 e. The number of hydrogen-bond acceptors (Lipinski definition) is 5. The van der Waals surface area contributed by atoms with E-state index in [1.54, 1.807) is 27.4 Å². The minimum atomic E-state index is 0.138. The molecule has 2 aliphatic rings. The van der Waals surface area contributed by atoms with E-state index < -0.39 is 0 Å². The van der Waals surface area contributed by atoms with Crippen LogP contribution in [0.5, 0.6) is 5.75 Å². The van der Waals surface area contributed by atoms with Crippen LogP contribution in [0.25, 0.3) is 5.57 Å². The van der Waals surface area contributed by atoms with Crippen LogP contribution in [0.3, 0.4) is 0 Å². The highest BCUT2D eigenvalue weighted by Crippen LogP contribution is 2.30. The summed E-state index contributed by atoms with van der Waals surface area (Å²) in [5.74, 6) is 2.70. The zero-order valence-corrected chi connectivity index (χ0v) is 23.7. The molecule has 2 aromatic carbocycles. The molecule has 0 amide bonds. The fourth-order valence-electron chi connectivity index (χ4n) is 4.68. The second-order valence-electron chi connectivity index (χ2n) is 9.53. The normalized spacial score (nSPS) is 18.8. The van der Waals surface area contributed by atoms with Crippen molar-refractivity contribution in [1.82, 2.24) is 0 Å². The number of benzene rings is 2. The molecule has 2 aromatic rings. The standard InChI is InChI=1S/C35H38N2O3/c1-6-32(38-3)11-8-24-37(35-23-22-34(40-5)25-26(35)2)31-18-13-28(14-19-31)27-9-7-10-29(15-12-27)36-30-16-20-33(39-4)21-17-30/h6-8,10-26,35-36H,1,9H2,2-5H3/b24-8+,32-11+/t26-,35?/m1/s1. The molecule has 0 aliphatic heterocycles. The topological polar surface area (TPSA) is 43.0 Å². The lowest BCUT2D eigenvalue weighted by Gasteiger charge is -2.34. The van der Waals surface area contributed by atoms with Crippen molar-refractivity contribution in [2.75, 3.05) is 31.5 Å². The Hall–Kier alpha value is -4.64. The summed E-state index contributed by atoms with van der Waals surface area (Å²) in [5, 5.41) is 3.47. The molecule has 0 saturated heterocycles. The van der Waals surface area contributed by atoms with Gasteiger partial charge in [0.25, 0.3) is 0 Å². The molecule has 1 unspecified atom stereocenters. The molecule has 0 radical (unpaired) electrons. The van der Waals surface area contributed by atoms with Crippen LogP contribution in [0.4, 0.5) is 11.4 Å². The summed E-state index contributed by atoms with van der Waals surface area (Å²) in [6.07, 6.45) is 23.6. The first-order valence-corrected chi connectivity index (χ1v) is 13.4. The SMILES string of the molecule is C=C/C(=C\C=C\N(c1ccc(C2=CC=C(Nc3ccc(OC)cc3)C=CC2)cc1)C1C=CC(OC)=C[C@H]1C)OC. The fourth-order valence-corrected chi connectivity index (χ4v) is 4.68. The fraction of sp³-hybridized carbons (Fsp3) is 0.200. The predicted molar refractivity (Wildman–Crippen MR) is 167 cm³/mol. The summed E-state index contributed by atoms with van der Waals surface area (Å²) in [6.45, 7) is 6.01. The van der Waals surface area contributed by atoms with Crippen molar-refractivity contribution in [1.29, 1.82) is 0 Å². The van der Waals surface area contributed by atoms with E-state index in [1.165, 1.54) is 11.1 Å². The molecule has 40 heavy (non-hydrogen) atoms. The van der Waals surface area contributed by atoms with Gasteiger partial charge in [-0.05, 0) is 96.5 Å². The quantitative estimate of drug-likeness (QED) is 0.233. The summed E-state index contributed by atoms with van der Waals surface area (Å²) in [6, 6.07) is 16.8. The largest absolute Gasteiger partial charge is 0.497 e. The van der Waals surface area contributed by atoms with Crippen LogP contribution < -0.4 is 15.0 Å². The van der Waals surface area contributed by atoms with Crippen LogP contribution in [0, 0.1) is 5.92 Å². The highest BCUT2D eigenvalue weighted by atomic mass is 16.5. The lowest BCUT2D eigenvalue weighted by Crippen LogP contribution is -2.35. The van der Waals surface area contributed by atoms with Gasteiger partial charge in [-0.1, -0.05) is 43.9 Å². The maximum atomic E-state index is 5.45. The van der Waals surface area contributed by atoms with E-state index in [0.29, 0.717) is 5.76 Å². The van der Waals surface area contributed by atoms with Crippen molar-refractivity contribution in [3.63, 3.8) is 0 Å². The summed E-state index contributed by atoms with van der Waals surface area (Å²) in [4.78, 5) is 2.28. The molecule has 0 heterocycles. The first-order valence-electron chi connectivity index (χ1n) is 13.4. The average Bonchev–Trinajstić information content (AvgIpc) is 3.24. The van der Waals surface area contributed by atoms with E-state index in [9.17, 15) is 0 Å². The Bertz CT molecular complexity index is 1370. The number of nitrogens with zero attached hydrogens (tertiary/aromatic N) is 1. The number of methoxy groups -OCH3 is 3.